The number of benzene rings is 3. The number of ether oxygens (including phenoxy) is 1. The molecule has 1 aliphatic rings. The van der Waals surface area contributed by atoms with Crippen molar-refractivity contribution in [3.63, 3.8) is 0 Å². The second kappa shape index (κ2) is 8.46. The Morgan fingerprint density at radius 2 is 1.71 bits per heavy atom. The molecular weight excluding hydrogens is 459 g/mol. The average Bonchev–Trinajstić information content (AvgIpc) is 3.03. The molecule has 0 spiro atoms. The van der Waals surface area contributed by atoms with E-state index in [4.69, 9.17) is 4.74 Å². The Bertz CT molecular complexity index is 1360. The van der Waals surface area contributed by atoms with Crippen LogP contribution < -0.4 is 4.90 Å². The first-order valence-corrected chi connectivity index (χ1v) is 10.8. The summed E-state index contributed by atoms with van der Waals surface area (Å²) in [4.78, 5) is 13.1. The lowest BCUT2D eigenvalue weighted by Crippen LogP contribution is -2.42. The highest BCUT2D eigenvalue weighted by Gasteiger charge is 2.47. The average molecular weight is 483 g/mol. The minimum Gasteiger partial charge on any atom is -0.507 e. The van der Waals surface area contributed by atoms with Crippen molar-refractivity contribution in [2.24, 2.45) is 0 Å². The molecule has 0 saturated heterocycles. The van der Waals surface area contributed by atoms with Crippen molar-refractivity contribution in [3.05, 3.63) is 88.0 Å². The lowest BCUT2D eigenvalue weighted by Gasteiger charge is -2.37. The molecule has 2 N–H and O–H groups in total. The normalized spacial score (nSPS) is 18.7. The molecule has 0 bridgehead atoms. The monoisotopic (exact) mass is 483 g/mol. The van der Waals surface area contributed by atoms with Crippen molar-refractivity contribution < 1.29 is 32.9 Å². The van der Waals surface area contributed by atoms with Gasteiger partial charge < -0.3 is 19.8 Å². The van der Waals surface area contributed by atoms with E-state index < -0.39 is 29.2 Å². The van der Waals surface area contributed by atoms with Crippen molar-refractivity contribution in [1.82, 2.24) is 0 Å². The minimum atomic E-state index is -4.55. The van der Waals surface area contributed by atoms with Gasteiger partial charge >= 0.3 is 12.1 Å². The van der Waals surface area contributed by atoms with E-state index in [9.17, 15) is 28.2 Å². The predicted molar refractivity (Wildman–Crippen MR) is 128 cm³/mol. The third kappa shape index (κ3) is 3.93. The Labute approximate surface area is 200 Å². The number of hydrogen-bond donors (Lipinski definition) is 2. The Morgan fingerprint density at radius 1 is 1.06 bits per heavy atom. The summed E-state index contributed by atoms with van der Waals surface area (Å²) in [6.07, 6.45) is -3.04. The molecule has 3 aromatic carbocycles. The third-order valence-electron chi connectivity index (χ3n) is 6.47. The molecule has 35 heavy (non-hydrogen) atoms. The van der Waals surface area contributed by atoms with Crippen LogP contribution in [0.2, 0.25) is 0 Å². The quantitative estimate of drug-likeness (QED) is 0.428. The summed E-state index contributed by atoms with van der Waals surface area (Å²) < 4.78 is 47.6. The molecule has 3 aromatic rings. The van der Waals surface area contributed by atoms with Crippen LogP contribution in [0.3, 0.4) is 0 Å². The topological polar surface area (TPSA) is 70.0 Å². The summed E-state index contributed by atoms with van der Waals surface area (Å²) >= 11 is 0. The number of hydrogen-bond acceptors (Lipinski definition) is 4. The number of aromatic hydroxyl groups is 1. The van der Waals surface area contributed by atoms with Crippen LogP contribution in [0.4, 0.5) is 24.5 Å². The first-order valence-electron chi connectivity index (χ1n) is 10.8. The summed E-state index contributed by atoms with van der Waals surface area (Å²) in [5.41, 5.74) is 1.34. The number of aryl methyl sites for hydroxylation is 2. The van der Waals surface area contributed by atoms with Crippen LogP contribution in [0, 0.1) is 13.8 Å². The van der Waals surface area contributed by atoms with Crippen molar-refractivity contribution >= 4 is 29.0 Å². The number of aromatic carboxylic acids is 1. The van der Waals surface area contributed by atoms with E-state index >= 15 is 0 Å². The summed E-state index contributed by atoms with van der Waals surface area (Å²) in [5.74, 6) is -1.71. The lowest BCUT2D eigenvalue weighted by atomic mass is 9.91. The molecule has 0 amide bonds. The number of alkyl halides is 3. The van der Waals surface area contributed by atoms with Gasteiger partial charge in [0.05, 0.1) is 11.3 Å². The van der Waals surface area contributed by atoms with E-state index in [1.54, 1.807) is 24.8 Å². The van der Waals surface area contributed by atoms with Gasteiger partial charge in [-0.2, -0.15) is 13.2 Å². The van der Waals surface area contributed by atoms with Crippen LogP contribution in [0.1, 0.15) is 45.1 Å². The van der Waals surface area contributed by atoms with E-state index in [0.29, 0.717) is 28.1 Å². The molecule has 1 unspecified atom stereocenters. The van der Waals surface area contributed by atoms with Crippen molar-refractivity contribution in [1.29, 1.82) is 0 Å². The van der Waals surface area contributed by atoms with Crippen molar-refractivity contribution in [2.75, 3.05) is 12.0 Å². The van der Waals surface area contributed by atoms with Crippen LogP contribution in [0.25, 0.3) is 11.6 Å². The Balaban J connectivity index is 2.02. The highest BCUT2D eigenvalue weighted by molar-refractivity contribution is 6.02. The first kappa shape index (κ1) is 24.3. The second-order valence-corrected chi connectivity index (χ2v) is 8.59. The van der Waals surface area contributed by atoms with Gasteiger partial charge in [0.15, 0.2) is 5.72 Å². The number of halogens is 3. The molecular formula is C27H24F3NO4. The fourth-order valence-electron chi connectivity index (χ4n) is 4.67. The fraction of sp³-hybridized carbons (Fsp3) is 0.222. The van der Waals surface area contributed by atoms with E-state index in [1.165, 1.54) is 37.5 Å². The molecule has 1 heterocycles. The van der Waals surface area contributed by atoms with E-state index in [1.807, 2.05) is 25.1 Å². The molecule has 4 rings (SSSR count). The number of anilines is 2. The molecule has 0 radical (unpaired) electrons. The Morgan fingerprint density at radius 3 is 2.31 bits per heavy atom. The highest BCUT2D eigenvalue weighted by atomic mass is 19.4. The molecule has 0 saturated carbocycles. The summed E-state index contributed by atoms with van der Waals surface area (Å²) in [6, 6.07) is 13.7. The van der Waals surface area contributed by atoms with Crippen molar-refractivity contribution in [3.8, 4) is 5.75 Å². The van der Waals surface area contributed by atoms with Crippen LogP contribution in [-0.2, 0) is 10.9 Å². The van der Waals surface area contributed by atoms with Crippen molar-refractivity contribution in [2.45, 2.75) is 32.7 Å². The maximum Gasteiger partial charge on any atom is 0.416 e. The molecule has 0 aromatic heterocycles. The van der Waals surface area contributed by atoms with E-state index in [0.717, 1.165) is 11.6 Å². The van der Waals surface area contributed by atoms with E-state index in [-0.39, 0.29) is 11.1 Å². The number of carbonyl (C=O) groups is 1. The summed E-state index contributed by atoms with van der Waals surface area (Å²) in [5, 5.41) is 19.6. The number of carboxylic acid groups (broad SMARTS) is 1. The van der Waals surface area contributed by atoms with Gasteiger partial charge in [0.25, 0.3) is 0 Å². The smallest absolute Gasteiger partial charge is 0.416 e. The fourth-order valence-corrected chi connectivity index (χ4v) is 4.67. The number of nitrogens with zero attached hydrogens (tertiary/aromatic N) is 1. The van der Waals surface area contributed by atoms with Crippen LogP contribution in [-0.4, -0.2) is 29.0 Å². The van der Waals surface area contributed by atoms with Gasteiger partial charge in [-0.1, -0.05) is 24.3 Å². The molecule has 8 heteroatoms. The third-order valence-corrected chi connectivity index (χ3v) is 6.47. The van der Waals surface area contributed by atoms with Gasteiger partial charge in [-0.15, -0.1) is 0 Å². The maximum absolute atomic E-state index is 13.9. The molecule has 1 aliphatic heterocycles. The number of phenols is 1. The highest BCUT2D eigenvalue weighted by Crippen LogP contribution is 2.54. The van der Waals surface area contributed by atoms with Crippen LogP contribution in [0.15, 0.2) is 54.6 Å². The maximum atomic E-state index is 13.9. The number of rotatable bonds is 4. The van der Waals surface area contributed by atoms with Gasteiger partial charge in [-0.25, -0.2) is 4.79 Å². The van der Waals surface area contributed by atoms with Gasteiger partial charge in [0, 0.05) is 30.0 Å². The SMILES string of the molecule is COC1(C)/C(=C\c2c(C)cccc2C(F)(F)F)c2c(C)cccc2N1c1ccc(C(=O)O)c(O)c1. The standard InChI is InChI=1S/C27H24F3NO4/c1-15-7-5-9-20(27(28,29)30)19(15)14-21-24-16(2)8-6-10-22(24)31(26(21,3)35-4)17-11-12-18(25(33)34)23(32)13-17/h5-14,32H,1-4H3,(H,33,34)/b21-14-. The molecule has 5 nitrogen and oxygen atoms in total. The minimum absolute atomic E-state index is 0.0402. The Hall–Kier alpha value is -3.78. The summed E-state index contributed by atoms with van der Waals surface area (Å²) in [6.45, 7) is 5.21. The second-order valence-electron chi connectivity index (χ2n) is 8.59. The van der Waals surface area contributed by atoms with E-state index in [2.05, 4.69) is 0 Å². The number of fused-ring (bicyclic) bond motifs is 1. The van der Waals surface area contributed by atoms with Gasteiger partial charge in [-0.05, 0) is 67.8 Å². The zero-order valence-corrected chi connectivity index (χ0v) is 19.6. The number of carboxylic acids is 1. The zero-order valence-electron chi connectivity index (χ0n) is 19.6. The zero-order chi connectivity index (χ0) is 25.7. The van der Waals surface area contributed by atoms with Crippen LogP contribution >= 0.6 is 0 Å². The van der Waals surface area contributed by atoms with Gasteiger partial charge in [-0.3, -0.25) is 0 Å². The van der Waals surface area contributed by atoms with Crippen LogP contribution in [0.5, 0.6) is 5.75 Å². The Kier molecular flexibility index (Phi) is 5.89. The largest absolute Gasteiger partial charge is 0.507 e. The lowest BCUT2D eigenvalue weighted by molar-refractivity contribution is -0.137. The first-order chi connectivity index (χ1) is 16.4. The molecule has 182 valence electrons. The molecule has 1 atom stereocenters. The predicted octanol–water partition coefficient (Wildman–Crippen LogP) is 6.78. The van der Waals surface area contributed by atoms with Gasteiger partial charge in [0.1, 0.15) is 11.3 Å². The molecule has 0 aliphatic carbocycles. The summed E-state index contributed by atoms with van der Waals surface area (Å²) in [7, 11) is 1.45. The van der Waals surface area contributed by atoms with Gasteiger partial charge in [0.2, 0.25) is 0 Å². The molecule has 0 fully saturated rings. The number of methoxy groups -OCH3 is 1.